The fourth-order valence-corrected chi connectivity index (χ4v) is 2.71. The van der Waals surface area contributed by atoms with Gasteiger partial charge in [0.15, 0.2) is 0 Å². The van der Waals surface area contributed by atoms with Crippen LogP contribution in [-0.4, -0.2) is 6.10 Å². The van der Waals surface area contributed by atoms with Gasteiger partial charge in [-0.25, -0.2) is 0 Å². The molecule has 0 amide bonds. The lowest BCUT2D eigenvalue weighted by Gasteiger charge is -2.28. The monoisotopic (exact) mass is 243 g/mol. The number of rotatable bonds is 4. The number of hydrogen-bond acceptors (Lipinski definition) is 2. The van der Waals surface area contributed by atoms with Crippen LogP contribution >= 0.6 is 0 Å². The normalized spacial score (nSPS) is 23.6. The Balaban J connectivity index is 1.85. The summed E-state index contributed by atoms with van der Waals surface area (Å²) >= 11 is 0. The summed E-state index contributed by atoms with van der Waals surface area (Å²) in [5.74, 6) is 0.842. The molecule has 0 N–H and O–H groups in total. The SMILES string of the molecule is CCC1CCCC(OCc2cccc(C#N)c2)C1. The number of hydrogen-bond donors (Lipinski definition) is 0. The average Bonchev–Trinajstić information content (AvgIpc) is 2.45. The van der Waals surface area contributed by atoms with Crippen LogP contribution in [0.3, 0.4) is 0 Å². The Bertz CT molecular complexity index is 421. The van der Waals surface area contributed by atoms with Gasteiger partial charge < -0.3 is 4.74 Å². The van der Waals surface area contributed by atoms with Crippen molar-refractivity contribution in [3.05, 3.63) is 35.4 Å². The third-order valence-corrected chi connectivity index (χ3v) is 3.85. The van der Waals surface area contributed by atoms with Crippen molar-refractivity contribution >= 4 is 0 Å². The van der Waals surface area contributed by atoms with Crippen LogP contribution in [0.5, 0.6) is 0 Å². The van der Waals surface area contributed by atoms with Crippen LogP contribution in [0.4, 0.5) is 0 Å². The molecule has 2 unspecified atom stereocenters. The van der Waals surface area contributed by atoms with E-state index in [0.29, 0.717) is 18.3 Å². The predicted molar refractivity (Wildman–Crippen MR) is 72.0 cm³/mol. The first-order valence-corrected chi connectivity index (χ1v) is 6.92. The maximum absolute atomic E-state index is 8.85. The number of benzene rings is 1. The highest BCUT2D eigenvalue weighted by Crippen LogP contribution is 2.28. The van der Waals surface area contributed by atoms with Gasteiger partial charge >= 0.3 is 0 Å². The number of ether oxygens (including phenoxy) is 1. The van der Waals surface area contributed by atoms with Gasteiger partial charge in [0.25, 0.3) is 0 Å². The summed E-state index contributed by atoms with van der Waals surface area (Å²) in [6.45, 7) is 2.90. The molecule has 2 nitrogen and oxygen atoms in total. The van der Waals surface area contributed by atoms with Gasteiger partial charge in [0.2, 0.25) is 0 Å². The lowest BCUT2D eigenvalue weighted by atomic mass is 9.85. The Morgan fingerprint density at radius 1 is 1.39 bits per heavy atom. The van der Waals surface area contributed by atoms with Crippen molar-refractivity contribution in [1.29, 1.82) is 5.26 Å². The average molecular weight is 243 g/mol. The molecule has 1 saturated carbocycles. The van der Waals surface area contributed by atoms with Crippen molar-refractivity contribution in [3.63, 3.8) is 0 Å². The Morgan fingerprint density at radius 3 is 3.06 bits per heavy atom. The first-order chi connectivity index (χ1) is 8.81. The van der Waals surface area contributed by atoms with Crippen LogP contribution in [0.15, 0.2) is 24.3 Å². The molecule has 2 atom stereocenters. The molecule has 1 fully saturated rings. The smallest absolute Gasteiger partial charge is 0.0991 e. The molecule has 1 aliphatic rings. The molecule has 18 heavy (non-hydrogen) atoms. The van der Waals surface area contributed by atoms with E-state index in [0.717, 1.165) is 11.5 Å². The maximum atomic E-state index is 8.85. The molecule has 1 aromatic carbocycles. The quantitative estimate of drug-likeness (QED) is 0.799. The van der Waals surface area contributed by atoms with Gasteiger partial charge in [-0.2, -0.15) is 5.26 Å². The highest BCUT2D eigenvalue weighted by molar-refractivity contribution is 5.32. The van der Waals surface area contributed by atoms with Gasteiger partial charge in [0, 0.05) is 0 Å². The minimum atomic E-state index is 0.412. The lowest BCUT2D eigenvalue weighted by molar-refractivity contribution is 0.00176. The molecule has 0 radical (unpaired) electrons. The van der Waals surface area contributed by atoms with Crippen molar-refractivity contribution in [3.8, 4) is 6.07 Å². The summed E-state index contributed by atoms with van der Waals surface area (Å²) in [4.78, 5) is 0. The van der Waals surface area contributed by atoms with Gasteiger partial charge in [0.05, 0.1) is 24.3 Å². The second-order valence-electron chi connectivity index (χ2n) is 5.19. The zero-order valence-electron chi connectivity index (χ0n) is 11.1. The summed E-state index contributed by atoms with van der Waals surface area (Å²) in [5.41, 5.74) is 1.82. The Labute approximate surface area is 110 Å². The van der Waals surface area contributed by atoms with Crippen LogP contribution in [-0.2, 0) is 11.3 Å². The summed E-state index contributed by atoms with van der Waals surface area (Å²) in [7, 11) is 0. The van der Waals surface area contributed by atoms with Gasteiger partial charge in [0.1, 0.15) is 0 Å². The zero-order valence-corrected chi connectivity index (χ0v) is 11.1. The molecule has 0 spiro atoms. The molecule has 0 bridgehead atoms. The Morgan fingerprint density at radius 2 is 2.28 bits per heavy atom. The Hall–Kier alpha value is -1.33. The van der Waals surface area contributed by atoms with Crippen LogP contribution in [0.1, 0.15) is 50.2 Å². The Kier molecular flexibility index (Phi) is 4.78. The molecule has 0 aromatic heterocycles. The summed E-state index contributed by atoms with van der Waals surface area (Å²) in [6, 6.07) is 9.87. The van der Waals surface area contributed by atoms with E-state index < -0.39 is 0 Å². The molecular weight excluding hydrogens is 222 g/mol. The van der Waals surface area contributed by atoms with E-state index in [-0.39, 0.29) is 0 Å². The van der Waals surface area contributed by atoms with Gasteiger partial charge in [-0.1, -0.05) is 38.3 Å². The minimum absolute atomic E-state index is 0.412. The van der Waals surface area contributed by atoms with Crippen molar-refractivity contribution < 1.29 is 4.74 Å². The first kappa shape index (κ1) is 13.1. The van der Waals surface area contributed by atoms with Crippen molar-refractivity contribution in [2.75, 3.05) is 0 Å². The topological polar surface area (TPSA) is 33.0 Å². The molecule has 1 aliphatic carbocycles. The van der Waals surface area contributed by atoms with E-state index in [1.54, 1.807) is 0 Å². The summed E-state index contributed by atoms with van der Waals surface area (Å²) in [6.07, 6.45) is 6.73. The molecular formula is C16H21NO. The fourth-order valence-electron chi connectivity index (χ4n) is 2.71. The first-order valence-electron chi connectivity index (χ1n) is 6.92. The largest absolute Gasteiger partial charge is 0.374 e. The molecule has 0 heterocycles. The van der Waals surface area contributed by atoms with Crippen LogP contribution in [0, 0.1) is 17.2 Å². The molecule has 96 valence electrons. The van der Waals surface area contributed by atoms with E-state index in [1.165, 1.54) is 32.1 Å². The zero-order chi connectivity index (χ0) is 12.8. The highest BCUT2D eigenvalue weighted by atomic mass is 16.5. The van der Waals surface area contributed by atoms with Gasteiger partial charge in [-0.05, 0) is 36.5 Å². The lowest BCUT2D eigenvalue weighted by Crippen LogP contribution is -2.22. The third-order valence-electron chi connectivity index (χ3n) is 3.85. The van der Waals surface area contributed by atoms with Crippen LogP contribution < -0.4 is 0 Å². The van der Waals surface area contributed by atoms with Gasteiger partial charge in [-0.3, -0.25) is 0 Å². The van der Waals surface area contributed by atoms with Crippen molar-refractivity contribution in [1.82, 2.24) is 0 Å². The molecule has 0 saturated heterocycles. The number of nitriles is 1. The van der Waals surface area contributed by atoms with Crippen LogP contribution in [0.2, 0.25) is 0 Å². The molecule has 1 aromatic rings. The highest BCUT2D eigenvalue weighted by Gasteiger charge is 2.21. The number of nitrogens with zero attached hydrogens (tertiary/aromatic N) is 1. The van der Waals surface area contributed by atoms with E-state index >= 15 is 0 Å². The molecule has 2 heteroatoms. The van der Waals surface area contributed by atoms with Crippen molar-refractivity contribution in [2.45, 2.75) is 51.7 Å². The van der Waals surface area contributed by atoms with E-state index in [9.17, 15) is 0 Å². The van der Waals surface area contributed by atoms with Gasteiger partial charge in [-0.15, -0.1) is 0 Å². The van der Waals surface area contributed by atoms with E-state index in [1.807, 2.05) is 24.3 Å². The fraction of sp³-hybridized carbons (Fsp3) is 0.562. The molecule has 2 rings (SSSR count). The van der Waals surface area contributed by atoms with E-state index in [4.69, 9.17) is 10.00 Å². The maximum Gasteiger partial charge on any atom is 0.0991 e. The predicted octanol–water partition coefficient (Wildman–Crippen LogP) is 4.04. The second kappa shape index (κ2) is 6.56. The minimum Gasteiger partial charge on any atom is -0.374 e. The summed E-state index contributed by atoms with van der Waals surface area (Å²) < 4.78 is 5.99. The summed E-state index contributed by atoms with van der Waals surface area (Å²) in [5, 5.41) is 8.85. The third kappa shape index (κ3) is 3.58. The van der Waals surface area contributed by atoms with E-state index in [2.05, 4.69) is 13.0 Å². The van der Waals surface area contributed by atoms with Crippen LogP contribution in [0.25, 0.3) is 0 Å². The standard InChI is InChI=1S/C16H21NO/c1-2-13-5-4-8-16(10-13)18-12-15-7-3-6-14(9-15)11-17/h3,6-7,9,13,16H,2,4-5,8,10,12H2,1H3. The molecule has 0 aliphatic heterocycles. The van der Waals surface area contributed by atoms with Crippen molar-refractivity contribution in [2.24, 2.45) is 5.92 Å². The second-order valence-corrected chi connectivity index (χ2v) is 5.19.